The van der Waals surface area contributed by atoms with Crippen molar-refractivity contribution in [3.8, 4) is 5.75 Å². The number of carbonyl (C=O) groups is 1. The van der Waals surface area contributed by atoms with Crippen LogP contribution in [-0.2, 0) is 32.6 Å². The highest BCUT2D eigenvalue weighted by Gasteiger charge is 2.25. The van der Waals surface area contributed by atoms with Gasteiger partial charge in [-0.1, -0.05) is 38.1 Å². The van der Waals surface area contributed by atoms with Gasteiger partial charge < -0.3 is 19.7 Å². The van der Waals surface area contributed by atoms with E-state index in [0.717, 1.165) is 24.9 Å². The predicted octanol–water partition coefficient (Wildman–Crippen LogP) is 3.89. The van der Waals surface area contributed by atoms with Crippen LogP contribution in [0.1, 0.15) is 48.9 Å². The van der Waals surface area contributed by atoms with Gasteiger partial charge in [-0.05, 0) is 61.1 Å². The van der Waals surface area contributed by atoms with Crippen molar-refractivity contribution in [2.45, 2.75) is 64.6 Å². The summed E-state index contributed by atoms with van der Waals surface area (Å²) in [5.74, 6) is 0.458. The molecule has 1 N–H and O–H groups in total. The summed E-state index contributed by atoms with van der Waals surface area (Å²) in [5, 5.41) is 3.55. The van der Waals surface area contributed by atoms with Crippen LogP contribution >= 0.6 is 0 Å². The van der Waals surface area contributed by atoms with E-state index < -0.39 is 10.0 Å². The Hall–Kier alpha value is -2.46. The molecule has 8 nitrogen and oxygen atoms in total. The second-order valence-corrected chi connectivity index (χ2v) is 11.4. The van der Waals surface area contributed by atoms with Gasteiger partial charge in [0.05, 0.1) is 18.6 Å². The van der Waals surface area contributed by atoms with E-state index in [1.807, 2.05) is 12.1 Å². The van der Waals surface area contributed by atoms with Crippen molar-refractivity contribution in [3.63, 3.8) is 0 Å². The number of aryl methyl sites for hydroxylation is 2. The highest BCUT2D eigenvalue weighted by Crippen LogP contribution is 2.27. The maximum absolute atomic E-state index is 13.1. The summed E-state index contributed by atoms with van der Waals surface area (Å²) in [6, 6.07) is 12.2. The lowest BCUT2D eigenvalue weighted by atomic mass is 10.1. The standard InChI is InChI=1S/C28H43N3O5S/c1-8-25(9-2)29-18-23-10-12-24(13-11-23)19-30(5)27(32)20-36-15-14-31(6)37(33,34)28-21(3)16-26(35-7)17-22(28)4/h10-13,16-17,25,29H,8-9,14-15,18-20H2,1-7H3. The first-order valence-electron chi connectivity index (χ1n) is 12.8. The summed E-state index contributed by atoms with van der Waals surface area (Å²) in [5.41, 5.74) is 3.50. The van der Waals surface area contributed by atoms with Crippen LogP contribution in [0.25, 0.3) is 0 Å². The molecule has 206 valence electrons. The highest BCUT2D eigenvalue weighted by molar-refractivity contribution is 7.89. The zero-order valence-corrected chi connectivity index (χ0v) is 24.2. The molecule has 0 saturated heterocycles. The van der Waals surface area contributed by atoms with Crippen molar-refractivity contribution >= 4 is 15.9 Å². The van der Waals surface area contributed by atoms with Gasteiger partial charge in [0.1, 0.15) is 12.4 Å². The Morgan fingerprint density at radius 3 is 2.11 bits per heavy atom. The van der Waals surface area contributed by atoms with Crippen LogP contribution in [0.3, 0.4) is 0 Å². The molecule has 0 bridgehead atoms. The molecule has 0 radical (unpaired) electrons. The van der Waals surface area contributed by atoms with E-state index in [1.165, 1.54) is 16.9 Å². The Morgan fingerprint density at radius 2 is 1.57 bits per heavy atom. The number of methoxy groups -OCH3 is 1. The number of hydrogen-bond donors (Lipinski definition) is 1. The van der Waals surface area contributed by atoms with E-state index in [-0.39, 0.29) is 30.6 Å². The molecule has 2 aromatic carbocycles. The van der Waals surface area contributed by atoms with Crippen LogP contribution < -0.4 is 10.1 Å². The highest BCUT2D eigenvalue weighted by atomic mass is 32.2. The van der Waals surface area contributed by atoms with Crippen LogP contribution in [0.5, 0.6) is 5.75 Å². The van der Waals surface area contributed by atoms with Gasteiger partial charge in [-0.15, -0.1) is 0 Å². The molecule has 9 heteroatoms. The van der Waals surface area contributed by atoms with Gasteiger partial charge in [0.25, 0.3) is 0 Å². The van der Waals surface area contributed by atoms with Gasteiger partial charge in [0, 0.05) is 39.8 Å². The topological polar surface area (TPSA) is 88.2 Å². The van der Waals surface area contributed by atoms with Crippen LogP contribution in [0.15, 0.2) is 41.3 Å². The molecule has 37 heavy (non-hydrogen) atoms. The van der Waals surface area contributed by atoms with E-state index in [9.17, 15) is 13.2 Å². The monoisotopic (exact) mass is 533 g/mol. The first-order chi connectivity index (χ1) is 17.5. The van der Waals surface area contributed by atoms with Crippen molar-refractivity contribution in [3.05, 3.63) is 58.7 Å². The molecule has 0 aromatic heterocycles. The minimum Gasteiger partial charge on any atom is -0.497 e. The lowest BCUT2D eigenvalue weighted by molar-refractivity contribution is -0.135. The molecule has 1 amide bonds. The van der Waals surface area contributed by atoms with E-state index in [0.29, 0.717) is 29.5 Å². The van der Waals surface area contributed by atoms with E-state index in [4.69, 9.17) is 9.47 Å². The number of benzene rings is 2. The van der Waals surface area contributed by atoms with Crippen LogP contribution in [0.2, 0.25) is 0 Å². The second kappa shape index (κ2) is 14.5. The van der Waals surface area contributed by atoms with E-state index in [1.54, 1.807) is 45.0 Å². The average molecular weight is 534 g/mol. The molecular formula is C28H43N3O5S. The first kappa shape index (κ1) is 30.8. The Morgan fingerprint density at radius 1 is 1.00 bits per heavy atom. The number of rotatable bonds is 15. The molecule has 0 aliphatic carbocycles. The number of carbonyl (C=O) groups excluding carboxylic acids is 1. The number of likely N-dealkylation sites (N-methyl/N-ethyl adjacent to an activating group) is 2. The number of ether oxygens (including phenoxy) is 2. The van der Waals surface area contributed by atoms with Gasteiger partial charge in [0.2, 0.25) is 15.9 Å². The Labute approximate surface area is 223 Å². The van der Waals surface area contributed by atoms with E-state index in [2.05, 4.69) is 31.3 Å². The molecule has 2 aromatic rings. The van der Waals surface area contributed by atoms with Crippen LogP contribution in [0, 0.1) is 13.8 Å². The summed E-state index contributed by atoms with van der Waals surface area (Å²) in [4.78, 5) is 14.4. The molecule has 0 heterocycles. The summed E-state index contributed by atoms with van der Waals surface area (Å²) < 4.78 is 38.2. The molecule has 0 unspecified atom stereocenters. The van der Waals surface area contributed by atoms with Crippen LogP contribution in [0.4, 0.5) is 0 Å². The van der Waals surface area contributed by atoms with Gasteiger partial charge in [-0.25, -0.2) is 8.42 Å². The molecule has 0 fully saturated rings. The minimum absolute atomic E-state index is 0.109. The molecule has 0 saturated carbocycles. The third kappa shape index (κ3) is 8.81. The SMILES string of the molecule is CCC(CC)NCc1ccc(CN(C)C(=O)COCCN(C)S(=O)(=O)c2c(C)cc(OC)cc2C)cc1. The predicted molar refractivity (Wildman–Crippen MR) is 147 cm³/mol. The number of nitrogens with one attached hydrogen (secondary N) is 1. The second-order valence-electron chi connectivity index (χ2n) is 9.43. The summed E-state index contributed by atoms with van der Waals surface area (Å²) in [6.45, 7) is 9.32. The summed E-state index contributed by atoms with van der Waals surface area (Å²) in [6.07, 6.45) is 2.22. The molecule has 0 atom stereocenters. The van der Waals surface area contributed by atoms with Crippen molar-refractivity contribution in [1.29, 1.82) is 0 Å². The third-order valence-corrected chi connectivity index (χ3v) is 8.73. The molecule has 0 spiro atoms. The third-order valence-electron chi connectivity index (χ3n) is 6.56. The number of amides is 1. The smallest absolute Gasteiger partial charge is 0.248 e. The quantitative estimate of drug-likeness (QED) is 0.350. The van der Waals surface area contributed by atoms with Gasteiger partial charge in [-0.3, -0.25) is 4.79 Å². The maximum Gasteiger partial charge on any atom is 0.248 e. The minimum atomic E-state index is -3.70. The Bertz CT molecular complexity index is 1090. The van der Waals surface area contributed by atoms with E-state index >= 15 is 0 Å². The lowest BCUT2D eigenvalue weighted by Crippen LogP contribution is -2.33. The Kier molecular flexibility index (Phi) is 12.0. The zero-order valence-electron chi connectivity index (χ0n) is 23.3. The average Bonchev–Trinajstić information content (AvgIpc) is 2.87. The van der Waals surface area contributed by atoms with Gasteiger partial charge >= 0.3 is 0 Å². The molecule has 0 aliphatic rings. The number of sulfonamides is 1. The molecular weight excluding hydrogens is 490 g/mol. The summed E-state index contributed by atoms with van der Waals surface area (Å²) in [7, 11) is 1.10. The normalized spacial score (nSPS) is 11.8. The fourth-order valence-corrected chi connectivity index (χ4v) is 5.70. The van der Waals surface area contributed by atoms with Crippen LogP contribution in [-0.4, -0.2) is 70.5 Å². The van der Waals surface area contributed by atoms with Crippen molar-refractivity contribution in [2.24, 2.45) is 0 Å². The van der Waals surface area contributed by atoms with Crippen molar-refractivity contribution in [2.75, 3.05) is 41.0 Å². The lowest BCUT2D eigenvalue weighted by Gasteiger charge is -2.21. The number of nitrogens with zero attached hydrogens (tertiary/aromatic N) is 2. The summed E-state index contributed by atoms with van der Waals surface area (Å²) >= 11 is 0. The fraction of sp³-hybridized carbons (Fsp3) is 0.536. The largest absolute Gasteiger partial charge is 0.497 e. The maximum atomic E-state index is 13.1. The van der Waals surface area contributed by atoms with Crippen molar-refractivity contribution in [1.82, 2.24) is 14.5 Å². The Balaban J connectivity index is 1.81. The molecule has 2 rings (SSSR count). The molecule has 0 aliphatic heterocycles. The van der Waals surface area contributed by atoms with Gasteiger partial charge in [0.15, 0.2) is 0 Å². The first-order valence-corrected chi connectivity index (χ1v) is 14.2. The zero-order chi connectivity index (χ0) is 27.6. The number of hydrogen-bond acceptors (Lipinski definition) is 6. The van der Waals surface area contributed by atoms with Crippen molar-refractivity contribution < 1.29 is 22.7 Å². The fourth-order valence-electron chi connectivity index (χ4n) is 4.14. The van der Waals surface area contributed by atoms with Gasteiger partial charge in [-0.2, -0.15) is 4.31 Å².